The van der Waals surface area contributed by atoms with Crippen molar-refractivity contribution in [1.29, 1.82) is 0 Å². The molecule has 4 nitrogen and oxygen atoms in total. The SMILES string of the molecule is CCc1ccccc1N1C[C@@H](c2nc3ccccc3n2[C@H](C)c2ccccc2)CC1=O. The standard InChI is InChI=1S/C27H27N3O/c1-3-20-11-7-9-15-24(20)29-18-22(17-26(29)31)27-28-23-14-8-10-16-25(23)30(27)19(2)21-12-5-4-6-13-21/h4-16,19,22H,3,17-18H2,1-2H3/t19-,22+/m1/s1. The van der Waals surface area contributed by atoms with Gasteiger partial charge in [0.1, 0.15) is 5.82 Å². The number of hydrogen-bond acceptors (Lipinski definition) is 2. The Labute approximate surface area is 183 Å². The zero-order valence-electron chi connectivity index (χ0n) is 18.0. The van der Waals surface area contributed by atoms with Crippen LogP contribution in [0.25, 0.3) is 11.0 Å². The Morgan fingerprint density at radius 1 is 0.968 bits per heavy atom. The Hall–Kier alpha value is -3.40. The predicted octanol–water partition coefficient (Wildman–Crippen LogP) is 5.73. The van der Waals surface area contributed by atoms with Crippen LogP contribution >= 0.6 is 0 Å². The van der Waals surface area contributed by atoms with Crippen LogP contribution in [0.3, 0.4) is 0 Å². The average Bonchev–Trinajstić information content (AvgIpc) is 3.39. The van der Waals surface area contributed by atoms with Crippen LogP contribution < -0.4 is 4.90 Å². The Morgan fingerprint density at radius 2 is 1.68 bits per heavy atom. The normalized spacial score (nSPS) is 17.4. The number of amides is 1. The molecule has 2 atom stereocenters. The summed E-state index contributed by atoms with van der Waals surface area (Å²) in [5.41, 5.74) is 5.59. The van der Waals surface area contributed by atoms with Gasteiger partial charge in [-0.2, -0.15) is 0 Å². The van der Waals surface area contributed by atoms with Gasteiger partial charge in [-0.05, 0) is 42.7 Å². The van der Waals surface area contributed by atoms with Crippen LogP contribution in [0.15, 0.2) is 78.9 Å². The lowest BCUT2D eigenvalue weighted by atomic mass is 10.0. The first kappa shape index (κ1) is 19.6. The number of imidazole rings is 1. The highest BCUT2D eigenvalue weighted by atomic mass is 16.2. The van der Waals surface area contributed by atoms with Crippen molar-refractivity contribution in [2.75, 3.05) is 11.4 Å². The fourth-order valence-corrected chi connectivity index (χ4v) is 4.83. The van der Waals surface area contributed by atoms with Crippen molar-refractivity contribution in [2.24, 2.45) is 0 Å². The highest BCUT2D eigenvalue weighted by Crippen LogP contribution is 2.37. The third-order valence-corrected chi connectivity index (χ3v) is 6.45. The summed E-state index contributed by atoms with van der Waals surface area (Å²) in [4.78, 5) is 20.1. The van der Waals surface area contributed by atoms with E-state index in [0.717, 1.165) is 29.0 Å². The Bertz CT molecular complexity index is 1230. The lowest BCUT2D eigenvalue weighted by molar-refractivity contribution is -0.117. The van der Waals surface area contributed by atoms with Crippen LogP contribution in [0.2, 0.25) is 0 Å². The summed E-state index contributed by atoms with van der Waals surface area (Å²) in [6.07, 6.45) is 1.40. The van der Waals surface area contributed by atoms with Gasteiger partial charge in [0.2, 0.25) is 5.91 Å². The minimum absolute atomic E-state index is 0.0657. The number of aromatic nitrogens is 2. The molecule has 1 saturated heterocycles. The Morgan fingerprint density at radius 3 is 2.48 bits per heavy atom. The van der Waals surface area contributed by atoms with Gasteiger partial charge in [-0.25, -0.2) is 4.98 Å². The maximum absolute atomic E-state index is 13.1. The topological polar surface area (TPSA) is 38.1 Å². The summed E-state index contributed by atoms with van der Waals surface area (Å²) in [6, 6.07) is 27.2. The first-order chi connectivity index (χ1) is 15.2. The number of benzene rings is 3. The summed E-state index contributed by atoms with van der Waals surface area (Å²) in [5.74, 6) is 1.25. The van der Waals surface area contributed by atoms with Crippen molar-refractivity contribution in [3.05, 3.63) is 95.8 Å². The Balaban J connectivity index is 1.57. The van der Waals surface area contributed by atoms with E-state index in [1.807, 2.05) is 29.2 Å². The van der Waals surface area contributed by atoms with Crippen molar-refractivity contribution < 1.29 is 4.79 Å². The van der Waals surface area contributed by atoms with E-state index in [-0.39, 0.29) is 17.9 Å². The highest BCUT2D eigenvalue weighted by Gasteiger charge is 2.36. The summed E-state index contributed by atoms with van der Waals surface area (Å²) < 4.78 is 2.33. The molecule has 0 saturated carbocycles. The van der Waals surface area contributed by atoms with E-state index in [2.05, 4.69) is 73.0 Å². The molecule has 0 radical (unpaired) electrons. The first-order valence-corrected chi connectivity index (χ1v) is 11.1. The number of carbonyl (C=O) groups excluding carboxylic acids is 1. The molecule has 0 N–H and O–H groups in total. The van der Waals surface area contributed by atoms with E-state index in [9.17, 15) is 4.79 Å². The van der Waals surface area contributed by atoms with Crippen molar-refractivity contribution in [3.63, 3.8) is 0 Å². The van der Waals surface area contributed by atoms with Gasteiger partial charge in [-0.3, -0.25) is 4.79 Å². The molecule has 0 unspecified atom stereocenters. The maximum atomic E-state index is 13.1. The second kappa shape index (κ2) is 8.03. The van der Waals surface area contributed by atoms with Crippen LogP contribution in [-0.2, 0) is 11.2 Å². The van der Waals surface area contributed by atoms with Gasteiger partial charge in [-0.1, -0.05) is 67.6 Å². The molecular weight excluding hydrogens is 382 g/mol. The van der Waals surface area contributed by atoms with Crippen LogP contribution in [0.4, 0.5) is 5.69 Å². The second-order valence-electron chi connectivity index (χ2n) is 8.30. The number of fused-ring (bicyclic) bond motifs is 1. The van der Waals surface area contributed by atoms with E-state index in [4.69, 9.17) is 4.98 Å². The van der Waals surface area contributed by atoms with Crippen molar-refractivity contribution in [1.82, 2.24) is 9.55 Å². The molecule has 1 aliphatic rings. The molecule has 31 heavy (non-hydrogen) atoms. The number of aryl methyl sites for hydroxylation is 1. The minimum atomic E-state index is 0.0657. The molecule has 156 valence electrons. The summed E-state index contributed by atoms with van der Waals surface area (Å²) in [6.45, 7) is 5.02. The number of hydrogen-bond donors (Lipinski definition) is 0. The molecule has 1 fully saturated rings. The van der Waals surface area contributed by atoms with E-state index < -0.39 is 0 Å². The lowest BCUT2D eigenvalue weighted by Gasteiger charge is -2.22. The second-order valence-corrected chi connectivity index (χ2v) is 8.30. The maximum Gasteiger partial charge on any atom is 0.227 e. The largest absolute Gasteiger partial charge is 0.320 e. The van der Waals surface area contributed by atoms with Crippen molar-refractivity contribution in [2.45, 2.75) is 38.6 Å². The molecule has 4 heteroatoms. The van der Waals surface area contributed by atoms with Crippen LogP contribution in [0, 0.1) is 0 Å². The van der Waals surface area contributed by atoms with Gasteiger partial charge in [-0.15, -0.1) is 0 Å². The number of nitrogens with zero attached hydrogens (tertiary/aromatic N) is 3. The molecule has 1 amide bonds. The smallest absolute Gasteiger partial charge is 0.227 e. The van der Waals surface area contributed by atoms with E-state index in [1.54, 1.807) is 0 Å². The van der Waals surface area contributed by atoms with Crippen LogP contribution in [0.5, 0.6) is 0 Å². The Kier molecular flexibility index (Phi) is 5.06. The molecule has 0 spiro atoms. The molecule has 4 aromatic rings. The van der Waals surface area contributed by atoms with Gasteiger partial charge in [0.25, 0.3) is 0 Å². The number of anilines is 1. The third kappa shape index (κ3) is 3.42. The molecular formula is C27H27N3O. The summed E-state index contributed by atoms with van der Waals surface area (Å²) in [5, 5.41) is 0. The third-order valence-electron chi connectivity index (χ3n) is 6.45. The fraction of sp³-hybridized carbons (Fsp3) is 0.259. The van der Waals surface area contributed by atoms with Gasteiger partial charge in [0.05, 0.1) is 17.1 Å². The molecule has 1 aromatic heterocycles. The molecule has 0 aliphatic carbocycles. The van der Waals surface area contributed by atoms with Gasteiger partial charge >= 0.3 is 0 Å². The fourth-order valence-electron chi connectivity index (χ4n) is 4.83. The molecule has 2 heterocycles. The van der Waals surface area contributed by atoms with Gasteiger partial charge in [0, 0.05) is 24.6 Å². The van der Waals surface area contributed by atoms with E-state index in [0.29, 0.717) is 13.0 Å². The molecule has 0 bridgehead atoms. The monoisotopic (exact) mass is 409 g/mol. The lowest BCUT2D eigenvalue weighted by Crippen LogP contribution is -2.25. The van der Waals surface area contributed by atoms with Gasteiger partial charge < -0.3 is 9.47 Å². The zero-order chi connectivity index (χ0) is 21.4. The minimum Gasteiger partial charge on any atom is -0.320 e. The zero-order valence-corrected chi connectivity index (χ0v) is 18.0. The van der Waals surface area contributed by atoms with E-state index >= 15 is 0 Å². The average molecular weight is 410 g/mol. The van der Waals surface area contributed by atoms with Crippen LogP contribution in [-0.4, -0.2) is 22.0 Å². The van der Waals surface area contributed by atoms with Gasteiger partial charge in [0.15, 0.2) is 0 Å². The molecule has 3 aromatic carbocycles. The number of carbonyl (C=O) groups is 1. The predicted molar refractivity (Wildman–Crippen MR) is 126 cm³/mol. The van der Waals surface area contributed by atoms with Crippen molar-refractivity contribution in [3.8, 4) is 0 Å². The van der Waals surface area contributed by atoms with Crippen molar-refractivity contribution >= 4 is 22.6 Å². The molecule has 5 rings (SSSR count). The summed E-state index contributed by atoms with van der Waals surface area (Å²) >= 11 is 0. The first-order valence-electron chi connectivity index (χ1n) is 11.1. The quantitative estimate of drug-likeness (QED) is 0.422. The highest BCUT2D eigenvalue weighted by molar-refractivity contribution is 5.97. The van der Waals surface area contributed by atoms with E-state index in [1.165, 1.54) is 11.1 Å². The number of rotatable bonds is 5. The summed E-state index contributed by atoms with van der Waals surface area (Å²) in [7, 11) is 0. The van der Waals surface area contributed by atoms with Crippen LogP contribution in [0.1, 0.15) is 49.2 Å². The molecule has 1 aliphatic heterocycles. The number of para-hydroxylation sites is 3.